The summed E-state index contributed by atoms with van der Waals surface area (Å²) in [7, 11) is -2.01. The maximum absolute atomic E-state index is 12.8. The van der Waals surface area contributed by atoms with Gasteiger partial charge in [0.05, 0.1) is 34.8 Å². The number of nitrogens with zero attached hydrogens (tertiary/aromatic N) is 3. The zero-order valence-corrected chi connectivity index (χ0v) is 22.2. The molecule has 0 bridgehead atoms. The number of nitrogens with one attached hydrogen (secondary N) is 2. The molecule has 0 aliphatic carbocycles. The van der Waals surface area contributed by atoms with Crippen LogP contribution in [0.2, 0.25) is 5.02 Å². The van der Waals surface area contributed by atoms with Crippen LogP contribution in [0.25, 0.3) is 0 Å². The van der Waals surface area contributed by atoms with Gasteiger partial charge in [0.1, 0.15) is 17.4 Å². The Kier molecular flexibility index (Phi) is 7.86. The highest BCUT2D eigenvalue weighted by Crippen LogP contribution is 2.35. The quantitative estimate of drug-likeness (QED) is 0.387. The Morgan fingerprint density at radius 1 is 1.19 bits per heavy atom. The zero-order chi connectivity index (χ0) is 26.7. The van der Waals surface area contributed by atoms with Gasteiger partial charge in [0.2, 0.25) is 11.9 Å². The van der Waals surface area contributed by atoms with Gasteiger partial charge in [0, 0.05) is 13.1 Å². The summed E-state index contributed by atoms with van der Waals surface area (Å²) >= 11 is 6.34. The second-order valence-corrected chi connectivity index (χ2v) is 11.7. The molecule has 0 saturated carbocycles. The summed E-state index contributed by atoms with van der Waals surface area (Å²) in [5.74, 6) is 0.672. The first-order valence-electron chi connectivity index (χ1n) is 11.6. The first-order chi connectivity index (χ1) is 17.6. The molecule has 4 rings (SSSR count). The molecule has 0 spiro atoms. The number of ether oxygens (including phenoxy) is 1. The van der Waals surface area contributed by atoms with Gasteiger partial charge in [0.15, 0.2) is 15.7 Å². The lowest BCUT2D eigenvalue weighted by Gasteiger charge is -2.29. The maximum Gasteiger partial charge on any atom is 0.248 e. The van der Waals surface area contributed by atoms with Gasteiger partial charge >= 0.3 is 0 Å². The molecule has 1 amide bonds. The van der Waals surface area contributed by atoms with Crippen molar-refractivity contribution in [3.8, 4) is 5.75 Å². The third-order valence-electron chi connectivity index (χ3n) is 6.08. The minimum atomic E-state index is -3.55. The first-order valence-corrected chi connectivity index (χ1v) is 13.5. The minimum absolute atomic E-state index is 0.152. The van der Waals surface area contributed by atoms with Crippen molar-refractivity contribution >= 4 is 50.5 Å². The van der Waals surface area contributed by atoms with E-state index in [9.17, 15) is 18.3 Å². The molecule has 10 nitrogen and oxygen atoms in total. The molecule has 1 aromatic heterocycles. The number of carbonyl (C=O) groups excluding carboxylic acids is 1. The van der Waals surface area contributed by atoms with E-state index in [4.69, 9.17) is 16.3 Å². The molecule has 0 fully saturated rings. The fraction of sp³-hybridized carbons (Fsp3) is 0.320. The van der Waals surface area contributed by atoms with Gasteiger partial charge in [-0.1, -0.05) is 23.7 Å². The fourth-order valence-electron chi connectivity index (χ4n) is 4.00. The van der Waals surface area contributed by atoms with Crippen molar-refractivity contribution in [3.63, 3.8) is 0 Å². The third kappa shape index (κ3) is 5.63. The number of fused-ring (bicyclic) bond motifs is 1. The van der Waals surface area contributed by atoms with Gasteiger partial charge in [-0.3, -0.25) is 4.79 Å². The van der Waals surface area contributed by atoms with Gasteiger partial charge in [-0.2, -0.15) is 4.98 Å². The van der Waals surface area contributed by atoms with Crippen molar-refractivity contribution in [2.24, 2.45) is 0 Å². The number of para-hydroxylation sites is 1. The molecule has 12 heteroatoms. The molecular weight excluding hydrogens is 518 g/mol. The fourth-order valence-corrected chi connectivity index (χ4v) is 5.34. The largest absolute Gasteiger partial charge is 0.495 e. The zero-order valence-electron chi connectivity index (χ0n) is 20.7. The first kappa shape index (κ1) is 26.6. The van der Waals surface area contributed by atoms with Crippen LogP contribution in [0.3, 0.4) is 0 Å². The number of amides is 1. The van der Waals surface area contributed by atoms with Crippen LogP contribution in [-0.4, -0.2) is 59.8 Å². The SMILES string of the molecule is COc1cc2c(cc1Nc1ncc(Cl)c(Nc3ccccc3S(=O)(=O)C(C)C)n1)CCN(C(=O)CO)C2. The van der Waals surface area contributed by atoms with Crippen molar-refractivity contribution in [2.45, 2.75) is 37.0 Å². The molecule has 0 radical (unpaired) electrons. The summed E-state index contributed by atoms with van der Waals surface area (Å²) in [5.41, 5.74) is 2.94. The number of aliphatic hydroxyl groups excluding tert-OH is 1. The Morgan fingerprint density at radius 2 is 1.95 bits per heavy atom. The number of aliphatic hydroxyl groups is 1. The summed E-state index contributed by atoms with van der Waals surface area (Å²) < 4.78 is 31.2. The molecule has 0 atom stereocenters. The van der Waals surface area contributed by atoms with Gasteiger partial charge in [-0.15, -0.1) is 0 Å². The van der Waals surface area contributed by atoms with Crippen molar-refractivity contribution in [1.29, 1.82) is 0 Å². The van der Waals surface area contributed by atoms with Gasteiger partial charge in [0.25, 0.3) is 0 Å². The predicted molar refractivity (Wildman–Crippen MR) is 142 cm³/mol. The molecule has 1 aliphatic heterocycles. The smallest absolute Gasteiger partial charge is 0.248 e. The van der Waals surface area contributed by atoms with E-state index < -0.39 is 21.7 Å². The number of hydrogen-bond acceptors (Lipinski definition) is 9. The number of halogens is 1. The van der Waals surface area contributed by atoms with Crippen LogP contribution in [-0.2, 0) is 27.6 Å². The van der Waals surface area contributed by atoms with Gasteiger partial charge in [-0.25, -0.2) is 13.4 Å². The summed E-state index contributed by atoms with van der Waals surface area (Å²) in [6.45, 7) is 3.61. The van der Waals surface area contributed by atoms with E-state index in [-0.39, 0.29) is 27.6 Å². The lowest BCUT2D eigenvalue weighted by molar-refractivity contribution is -0.135. The molecule has 3 aromatic rings. The maximum atomic E-state index is 12.8. The highest BCUT2D eigenvalue weighted by molar-refractivity contribution is 7.92. The monoisotopic (exact) mass is 545 g/mol. The van der Waals surface area contributed by atoms with Crippen LogP contribution in [0.15, 0.2) is 47.5 Å². The summed E-state index contributed by atoms with van der Waals surface area (Å²) in [6, 6.07) is 10.3. The van der Waals surface area contributed by atoms with Crippen molar-refractivity contribution in [1.82, 2.24) is 14.9 Å². The molecule has 2 heterocycles. The molecule has 196 valence electrons. The third-order valence-corrected chi connectivity index (χ3v) is 8.57. The number of carbonyl (C=O) groups is 1. The Morgan fingerprint density at radius 3 is 2.65 bits per heavy atom. The molecule has 1 aliphatic rings. The second-order valence-electron chi connectivity index (χ2n) is 8.77. The van der Waals surface area contributed by atoms with E-state index in [0.717, 1.165) is 11.1 Å². The lowest BCUT2D eigenvalue weighted by atomic mass is 9.98. The van der Waals surface area contributed by atoms with Crippen molar-refractivity contribution < 1.29 is 23.1 Å². The number of methoxy groups -OCH3 is 1. The number of aromatic nitrogens is 2. The molecular formula is C25H28ClN5O5S. The molecule has 0 saturated heterocycles. The number of benzene rings is 2. The van der Waals surface area contributed by atoms with Crippen LogP contribution in [0.1, 0.15) is 25.0 Å². The lowest BCUT2D eigenvalue weighted by Crippen LogP contribution is -2.37. The van der Waals surface area contributed by atoms with Crippen LogP contribution in [0, 0.1) is 0 Å². The Labute approximate surface area is 220 Å². The van der Waals surface area contributed by atoms with Crippen LogP contribution in [0.5, 0.6) is 5.75 Å². The van der Waals surface area contributed by atoms with E-state index in [1.807, 2.05) is 12.1 Å². The highest BCUT2D eigenvalue weighted by Gasteiger charge is 2.24. The van der Waals surface area contributed by atoms with Gasteiger partial charge in [-0.05, 0) is 55.7 Å². The van der Waals surface area contributed by atoms with E-state index in [1.54, 1.807) is 43.0 Å². The number of hydrogen-bond donors (Lipinski definition) is 3. The molecule has 2 aromatic carbocycles. The van der Waals surface area contributed by atoms with Crippen LogP contribution < -0.4 is 15.4 Å². The van der Waals surface area contributed by atoms with Crippen LogP contribution >= 0.6 is 11.6 Å². The standard InChI is InChI=1S/C25H28ClN5O5S/c1-15(2)37(34,35)22-7-5-4-6-19(22)28-24-18(26)12-27-25(30-24)29-20-10-16-8-9-31(23(33)14-32)13-17(16)11-21(20)36-3/h4-7,10-12,15,32H,8-9,13-14H2,1-3H3,(H2,27,28,29,30). The topological polar surface area (TPSA) is 134 Å². The Hall–Kier alpha value is -3.41. The summed E-state index contributed by atoms with van der Waals surface area (Å²) in [4.78, 5) is 22.4. The average Bonchev–Trinajstić information content (AvgIpc) is 2.89. The predicted octanol–water partition coefficient (Wildman–Crippen LogP) is 3.68. The van der Waals surface area contributed by atoms with Gasteiger partial charge < -0.3 is 25.4 Å². The average molecular weight is 546 g/mol. The van der Waals surface area contributed by atoms with Crippen molar-refractivity contribution in [2.75, 3.05) is 30.9 Å². The van der Waals surface area contributed by atoms with Crippen molar-refractivity contribution in [3.05, 3.63) is 58.7 Å². The normalized spacial score (nSPS) is 13.3. The Balaban J connectivity index is 1.62. The number of rotatable bonds is 8. The second kappa shape index (κ2) is 10.9. The number of anilines is 4. The van der Waals surface area contributed by atoms with E-state index >= 15 is 0 Å². The highest BCUT2D eigenvalue weighted by atomic mass is 35.5. The Bertz CT molecular complexity index is 1430. The van der Waals surface area contributed by atoms with E-state index in [1.165, 1.54) is 13.3 Å². The minimum Gasteiger partial charge on any atom is -0.495 e. The number of sulfone groups is 1. The molecule has 0 unspecified atom stereocenters. The summed E-state index contributed by atoms with van der Waals surface area (Å²) in [6.07, 6.45) is 2.04. The van der Waals surface area contributed by atoms with Crippen LogP contribution in [0.4, 0.5) is 23.1 Å². The molecule has 3 N–H and O–H groups in total. The molecule has 37 heavy (non-hydrogen) atoms. The summed E-state index contributed by atoms with van der Waals surface area (Å²) in [5, 5.41) is 15.0. The van der Waals surface area contributed by atoms with E-state index in [0.29, 0.717) is 36.6 Å². The van der Waals surface area contributed by atoms with E-state index in [2.05, 4.69) is 20.6 Å².